The lowest BCUT2D eigenvalue weighted by Crippen LogP contribution is -1.92. The summed E-state index contributed by atoms with van der Waals surface area (Å²) in [5.74, 6) is 0.300. The summed E-state index contributed by atoms with van der Waals surface area (Å²) in [6.45, 7) is 4.78. The van der Waals surface area contributed by atoms with E-state index in [4.69, 9.17) is 11.6 Å². The van der Waals surface area contributed by atoms with E-state index in [-0.39, 0.29) is 0 Å². The first-order valence-electron chi connectivity index (χ1n) is 4.63. The third kappa shape index (κ3) is 1.11. The topological polar surface area (TPSA) is 25.2 Å². The Balaban J connectivity index is 2.95. The molecule has 0 bridgehead atoms. The minimum atomic E-state index is 0.300. The fourth-order valence-electron chi connectivity index (χ4n) is 1.86. The van der Waals surface area contributed by atoms with Gasteiger partial charge in [-0.2, -0.15) is 0 Å². The molecule has 0 spiro atoms. The molecule has 1 N–H and O–H groups in total. The molecule has 0 unspecified atom stereocenters. The van der Waals surface area contributed by atoms with Crippen molar-refractivity contribution in [3.63, 3.8) is 0 Å². The summed E-state index contributed by atoms with van der Waals surface area (Å²) in [5.41, 5.74) is 1.94. The van der Waals surface area contributed by atoms with Gasteiger partial charge in [0, 0.05) is 11.9 Å². The number of aryl methyl sites for hydroxylation is 2. The van der Waals surface area contributed by atoms with Crippen LogP contribution in [0.1, 0.15) is 12.5 Å². The van der Waals surface area contributed by atoms with Gasteiger partial charge in [0.15, 0.2) is 0 Å². The van der Waals surface area contributed by atoms with E-state index in [0.717, 1.165) is 23.0 Å². The summed E-state index contributed by atoms with van der Waals surface area (Å²) in [7, 11) is 0. The molecule has 0 aliphatic heterocycles. The van der Waals surface area contributed by atoms with Crippen molar-refractivity contribution >= 4 is 22.5 Å². The van der Waals surface area contributed by atoms with Gasteiger partial charge in [0.25, 0.3) is 0 Å². The molecule has 0 aliphatic carbocycles. The number of rotatable bonds is 1. The number of hydrogen-bond acceptors (Lipinski definition) is 1. The Morgan fingerprint density at radius 3 is 2.79 bits per heavy atom. The highest BCUT2D eigenvalue weighted by atomic mass is 35.5. The average molecular weight is 210 g/mol. The van der Waals surface area contributed by atoms with Crippen molar-refractivity contribution in [3.05, 3.63) is 28.9 Å². The zero-order valence-electron chi connectivity index (χ0n) is 8.21. The Bertz CT molecular complexity index is 487. The van der Waals surface area contributed by atoms with Crippen LogP contribution in [0.4, 0.5) is 0 Å². The van der Waals surface area contributed by atoms with E-state index < -0.39 is 0 Å². The van der Waals surface area contributed by atoms with Crippen LogP contribution < -0.4 is 0 Å². The van der Waals surface area contributed by atoms with E-state index in [2.05, 4.69) is 0 Å². The number of hydrogen-bond donors (Lipinski definition) is 1. The van der Waals surface area contributed by atoms with Crippen molar-refractivity contribution in [2.75, 3.05) is 0 Å². The lowest BCUT2D eigenvalue weighted by molar-refractivity contribution is 0.481. The molecule has 1 heterocycles. The molecule has 0 aliphatic rings. The molecule has 2 nitrogen and oxygen atoms in total. The Labute approximate surface area is 87.7 Å². The van der Waals surface area contributed by atoms with Crippen LogP contribution in [-0.2, 0) is 6.54 Å². The van der Waals surface area contributed by atoms with Crippen molar-refractivity contribution in [2.24, 2.45) is 0 Å². The van der Waals surface area contributed by atoms with E-state index in [1.54, 1.807) is 6.07 Å². The van der Waals surface area contributed by atoms with Gasteiger partial charge in [-0.25, -0.2) is 0 Å². The molecule has 0 amide bonds. The van der Waals surface area contributed by atoms with E-state index in [1.807, 2.05) is 30.5 Å². The summed E-state index contributed by atoms with van der Waals surface area (Å²) in [6.07, 6.45) is 0. The Morgan fingerprint density at radius 2 is 2.14 bits per heavy atom. The molecule has 1 aromatic carbocycles. The summed E-state index contributed by atoms with van der Waals surface area (Å²) in [6, 6.07) is 5.49. The van der Waals surface area contributed by atoms with E-state index in [0.29, 0.717) is 10.9 Å². The van der Waals surface area contributed by atoms with Crippen molar-refractivity contribution < 1.29 is 5.11 Å². The smallest absolute Gasteiger partial charge is 0.125 e. The molecular weight excluding hydrogens is 198 g/mol. The molecule has 1 aromatic heterocycles. The quantitative estimate of drug-likeness (QED) is 0.766. The molecule has 2 aromatic rings. The van der Waals surface area contributed by atoms with Gasteiger partial charge in [-0.1, -0.05) is 17.7 Å². The highest BCUT2D eigenvalue weighted by Gasteiger charge is 2.13. The SMILES string of the molecule is CCn1c(Cl)c(C)c2c(O)cccc21. The second kappa shape index (κ2) is 3.21. The molecule has 0 radical (unpaired) electrons. The Morgan fingerprint density at radius 1 is 1.43 bits per heavy atom. The van der Waals surface area contributed by atoms with Crippen LogP contribution in [0, 0.1) is 6.92 Å². The van der Waals surface area contributed by atoms with Crippen LogP contribution in [0.3, 0.4) is 0 Å². The fraction of sp³-hybridized carbons (Fsp3) is 0.273. The normalized spacial score (nSPS) is 11.1. The van der Waals surface area contributed by atoms with Crippen LogP contribution in [0.5, 0.6) is 5.75 Å². The third-order valence-corrected chi connectivity index (χ3v) is 3.04. The molecule has 74 valence electrons. The second-order valence-electron chi connectivity index (χ2n) is 3.33. The number of phenolic OH excluding ortho intramolecular Hbond substituents is 1. The van der Waals surface area contributed by atoms with Crippen molar-refractivity contribution in [3.8, 4) is 5.75 Å². The first-order chi connectivity index (χ1) is 6.66. The average Bonchev–Trinajstić information content (AvgIpc) is 2.41. The monoisotopic (exact) mass is 209 g/mol. The van der Waals surface area contributed by atoms with Gasteiger partial charge in [-0.3, -0.25) is 0 Å². The molecular formula is C11H12ClNO. The van der Waals surface area contributed by atoms with E-state index in [1.165, 1.54) is 0 Å². The van der Waals surface area contributed by atoms with Crippen molar-refractivity contribution in [1.29, 1.82) is 0 Å². The van der Waals surface area contributed by atoms with Crippen LogP contribution in [-0.4, -0.2) is 9.67 Å². The number of fused-ring (bicyclic) bond motifs is 1. The number of aromatic nitrogens is 1. The van der Waals surface area contributed by atoms with Gasteiger partial charge in [0.05, 0.1) is 5.52 Å². The van der Waals surface area contributed by atoms with Gasteiger partial charge in [-0.05, 0) is 31.5 Å². The Hall–Kier alpha value is -1.15. The highest BCUT2D eigenvalue weighted by Crippen LogP contribution is 2.34. The van der Waals surface area contributed by atoms with Crippen LogP contribution in [0.2, 0.25) is 5.15 Å². The number of benzene rings is 1. The number of phenols is 1. The molecule has 0 fully saturated rings. The molecule has 0 saturated carbocycles. The lowest BCUT2D eigenvalue weighted by atomic mass is 10.2. The summed E-state index contributed by atoms with van der Waals surface area (Å²) in [5, 5.41) is 11.3. The first kappa shape index (κ1) is 9.41. The van der Waals surface area contributed by atoms with Crippen LogP contribution >= 0.6 is 11.6 Å². The lowest BCUT2D eigenvalue weighted by Gasteiger charge is -2.01. The maximum absolute atomic E-state index is 9.71. The molecule has 2 rings (SSSR count). The van der Waals surface area contributed by atoms with Gasteiger partial charge < -0.3 is 9.67 Å². The first-order valence-corrected chi connectivity index (χ1v) is 5.01. The summed E-state index contributed by atoms with van der Waals surface area (Å²) >= 11 is 6.16. The largest absolute Gasteiger partial charge is 0.507 e. The van der Waals surface area contributed by atoms with Gasteiger partial charge in [-0.15, -0.1) is 0 Å². The standard InChI is InChI=1S/C11H12ClNO/c1-3-13-8-5-4-6-9(14)10(8)7(2)11(13)12/h4-6,14H,3H2,1-2H3. The Kier molecular flexibility index (Phi) is 2.16. The van der Waals surface area contributed by atoms with Gasteiger partial charge >= 0.3 is 0 Å². The third-order valence-electron chi connectivity index (χ3n) is 2.55. The molecule has 3 heteroatoms. The minimum Gasteiger partial charge on any atom is -0.507 e. The molecule has 0 saturated heterocycles. The molecule has 14 heavy (non-hydrogen) atoms. The van der Waals surface area contributed by atoms with Crippen LogP contribution in [0.15, 0.2) is 18.2 Å². The molecule has 0 atom stereocenters. The maximum atomic E-state index is 9.71. The summed E-state index contributed by atoms with van der Waals surface area (Å²) in [4.78, 5) is 0. The van der Waals surface area contributed by atoms with E-state index in [9.17, 15) is 5.11 Å². The number of aromatic hydroxyl groups is 1. The summed E-state index contributed by atoms with van der Waals surface area (Å²) < 4.78 is 1.99. The minimum absolute atomic E-state index is 0.300. The second-order valence-corrected chi connectivity index (χ2v) is 3.69. The zero-order valence-corrected chi connectivity index (χ0v) is 8.97. The number of halogens is 1. The highest BCUT2D eigenvalue weighted by molar-refractivity contribution is 6.32. The predicted molar refractivity (Wildman–Crippen MR) is 59.0 cm³/mol. The maximum Gasteiger partial charge on any atom is 0.125 e. The van der Waals surface area contributed by atoms with E-state index >= 15 is 0 Å². The zero-order chi connectivity index (χ0) is 10.3. The predicted octanol–water partition coefficient (Wildman–Crippen LogP) is 3.33. The van der Waals surface area contributed by atoms with Crippen molar-refractivity contribution in [2.45, 2.75) is 20.4 Å². The van der Waals surface area contributed by atoms with Gasteiger partial charge in [0.1, 0.15) is 10.9 Å². The number of nitrogens with zero attached hydrogens (tertiary/aromatic N) is 1. The van der Waals surface area contributed by atoms with Crippen molar-refractivity contribution in [1.82, 2.24) is 4.57 Å². The fourth-order valence-corrected chi connectivity index (χ4v) is 2.16. The van der Waals surface area contributed by atoms with Crippen LogP contribution in [0.25, 0.3) is 10.9 Å². The van der Waals surface area contributed by atoms with Gasteiger partial charge in [0.2, 0.25) is 0 Å².